The van der Waals surface area contributed by atoms with Crippen molar-refractivity contribution >= 4 is 28.3 Å². The minimum absolute atomic E-state index is 0.157. The first-order chi connectivity index (χ1) is 19.1. The standard InChI is InChI=1S/C33H39NO5S/c1-7-23-12-11-14-25(16-23)28-18-24(21-38-29-15-10-9-13-26(29)20-31(35)37-8-2)17-27-19-30(39-32(27)28)22(3)34-40(36)33(4,5)6/h9-19,22,34H,7-8,20-21H2,1-6H3. The second-order valence-electron chi connectivity index (χ2n) is 10.9. The fraction of sp³-hybridized carbons (Fsp3) is 0.364. The lowest BCUT2D eigenvalue weighted by Crippen LogP contribution is -2.40. The van der Waals surface area contributed by atoms with Crippen LogP contribution in [0.4, 0.5) is 0 Å². The van der Waals surface area contributed by atoms with Crippen LogP contribution in [0.5, 0.6) is 5.75 Å². The van der Waals surface area contributed by atoms with Crippen molar-refractivity contribution in [1.29, 1.82) is 0 Å². The van der Waals surface area contributed by atoms with E-state index in [0.717, 1.165) is 45.4 Å². The predicted molar refractivity (Wildman–Crippen MR) is 162 cm³/mol. The van der Waals surface area contributed by atoms with E-state index in [0.29, 0.717) is 19.0 Å². The molecule has 2 atom stereocenters. The van der Waals surface area contributed by atoms with Crippen molar-refractivity contribution in [2.75, 3.05) is 6.61 Å². The molecule has 0 saturated heterocycles. The quantitative estimate of drug-likeness (QED) is 0.151. The number of fused-ring (bicyclic) bond motifs is 1. The molecule has 1 heterocycles. The Morgan fingerprint density at radius 2 is 1.80 bits per heavy atom. The zero-order chi connectivity index (χ0) is 28.9. The van der Waals surface area contributed by atoms with Crippen LogP contribution in [0.15, 0.2) is 71.1 Å². The highest BCUT2D eigenvalue weighted by atomic mass is 32.2. The highest BCUT2D eigenvalue weighted by Gasteiger charge is 2.29. The average Bonchev–Trinajstić information content (AvgIpc) is 3.36. The summed E-state index contributed by atoms with van der Waals surface area (Å²) in [5.41, 5.74) is 5.82. The molecule has 0 radical (unpaired) electrons. The maximum Gasteiger partial charge on any atom is 0.310 e. The van der Waals surface area contributed by atoms with Gasteiger partial charge in [0.05, 0.1) is 13.0 Å². The Bertz CT molecular complexity index is 1460. The Labute approximate surface area is 240 Å². The van der Waals surface area contributed by atoms with Crippen molar-refractivity contribution < 1.29 is 23.2 Å². The summed E-state index contributed by atoms with van der Waals surface area (Å²) in [7, 11) is 0. The Morgan fingerprint density at radius 3 is 2.52 bits per heavy atom. The van der Waals surface area contributed by atoms with Crippen molar-refractivity contribution in [3.8, 4) is 16.9 Å². The van der Waals surface area contributed by atoms with E-state index in [1.54, 1.807) is 6.92 Å². The van der Waals surface area contributed by atoms with Gasteiger partial charge >= 0.3 is 5.97 Å². The molecule has 6 nitrogen and oxygen atoms in total. The third-order valence-corrected chi connectivity index (χ3v) is 8.30. The van der Waals surface area contributed by atoms with Gasteiger partial charge in [-0.2, -0.15) is 0 Å². The van der Waals surface area contributed by atoms with Crippen LogP contribution in [-0.4, -0.2) is 21.9 Å². The first-order valence-electron chi connectivity index (χ1n) is 13.8. The van der Waals surface area contributed by atoms with E-state index >= 15 is 0 Å². The topological polar surface area (TPSA) is 83.8 Å². The molecule has 0 fully saturated rings. The molecule has 0 aliphatic heterocycles. The third kappa shape index (κ3) is 7.27. The number of hydrogen-bond donors (Lipinski definition) is 1. The largest absolute Gasteiger partial charge is 0.598 e. The van der Waals surface area contributed by atoms with Crippen LogP contribution in [0.3, 0.4) is 0 Å². The highest BCUT2D eigenvalue weighted by molar-refractivity contribution is 7.90. The third-order valence-electron chi connectivity index (χ3n) is 6.62. The van der Waals surface area contributed by atoms with E-state index in [-0.39, 0.29) is 23.2 Å². The molecule has 0 aliphatic carbocycles. The number of ether oxygens (including phenoxy) is 2. The van der Waals surface area contributed by atoms with Crippen LogP contribution in [-0.2, 0) is 40.3 Å². The molecule has 4 aromatic rings. The average molecular weight is 562 g/mol. The molecule has 2 unspecified atom stereocenters. The van der Waals surface area contributed by atoms with Gasteiger partial charge in [-0.25, -0.2) is 0 Å². The number of furan rings is 1. The fourth-order valence-corrected chi connectivity index (χ4v) is 5.21. The van der Waals surface area contributed by atoms with Gasteiger partial charge in [0.2, 0.25) is 0 Å². The maximum absolute atomic E-state index is 12.7. The van der Waals surface area contributed by atoms with Gasteiger partial charge in [0.1, 0.15) is 34.5 Å². The zero-order valence-corrected chi connectivity index (χ0v) is 25.0. The van der Waals surface area contributed by atoms with Crippen molar-refractivity contribution in [1.82, 2.24) is 4.72 Å². The molecule has 0 bridgehead atoms. The number of carbonyl (C=O) groups excluding carboxylic acids is 1. The summed E-state index contributed by atoms with van der Waals surface area (Å²) in [4.78, 5) is 12.1. The molecule has 7 heteroatoms. The number of benzene rings is 3. The number of rotatable bonds is 11. The van der Waals surface area contributed by atoms with Crippen molar-refractivity contribution in [3.63, 3.8) is 0 Å². The van der Waals surface area contributed by atoms with Gasteiger partial charge in [-0.3, -0.25) is 4.79 Å². The van der Waals surface area contributed by atoms with Gasteiger partial charge in [-0.15, -0.1) is 4.72 Å². The monoisotopic (exact) mass is 561 g/mol. The van der Waals surface area contributed by atoms with Crippen molar-refractivity contribution in [2.24, 2.45) is 0 Å². The van der Waals surface area contributed by atoms with E-state index in [4.69, 9.17) is 13.9 Å². The summed E-state index contributed by atoms with van der Waals surface area (Å²) in [6.45, 7) is 12.4. The molecule has 0 spiro atoms. The lowest BCUT2D eigenvalue weighted by Gasteiger charge is -2.25. The van der Waals surface area contributed by atoms with Crippen LogP contribution < -0.4 is 9.46 Å². The number of nitrogens with one attached hydrogen (secondary N) is 1. The molecule has 4 rings (SSSR count). The predicted octanol–water partition coefficient (Wildman–Crippen LogP) is 7.46. The minimum atomic E-state index is -1.24. The molecule has 0 amide bonds. The van der Waals surface area contributed by atoms with Gasteiger partial charge < -0.3 is 18.4 Å². The van der Waals surface area contributed by atoms with E-state index in [2.05, 4.69) is 48.0 Å². The number of carbonyl (C=O) groups is 1. The van der Waals surface area contributed by atoms with Crippen molar-refractivity contribution in [2.45, 2.75) is 71.8 Å². The molecule has 1 N–H and O–H groups in total. The molecule has 0 aliphatic rings. The molecule has 212 valence electrons. The number of aryl methyl sites for hydroxylation is 1. The lowest BCUT2D eigenvalue weighted by molar-refractivity contribution is -0.142. The SMILES string of the molecule is CCOC(=O)Cc1ccccc1OCc1cc(-c2cccc(CC)c2)c2oc(C(C)N[S+]([O-])C(C)(C)C)cc2c1. The number of hydrogen-bond acceptors (Lipinski definition) is 6. The first-order valence-corrected chi connectivity index (χ1v) is 14.9. The summed E-state index contributed by atoms with van der Waals surface area (Å²) in [5.74, 6) is 1.10. The van der Waals surface area contributed by atoms with Gasteiger partial charge in [-0.1, -0.05) is 49.4 Å². The van der Waals surface area contributed by atoms with Gasteiger partial charge in [-0.05, 0) is 82.0 Å². The molecule has 3 aromatic carbocycles. The van der Waals surface area contributed by atoms with Crippen LogP contribution in [0, 0.1) is 0 Å². The Kier molecular flexibility index (Phi) is 9.61. The van der Waals surface area contributed by atoms with Gasteiger partial charge in [0, 0.05) is 27.9 Å². The Hall–Kier alpha value is -3.26. The molecule has 40 heavy (non-hydrogen) atoms. The van der Waals surface area contributed by atoms with Crippen molar-refractivity contribution in [3.05, 3.63) is 89.2 Å². The summed E-state index contributed by atoms with van der Waals surface area (Å²) in [6.07, 6.45) is 1.09. The van der Waals surface area contributed by atoms with Crippen LogP contribution in [0.2, 0.25) is 0 Å². The maximum atomic E-state index is 12.7. The molecular formula is C33H39NO5S. The van der Waals surface area contributed by atoms with E-state index in [9.17, 15) is 9.35 Å². The summed E-state index contributed by atoms with van der Waals surface area (Å²) in [5, 5.41) is 0.947. The highest BCUT2D eigenvalue weighted by Crippen LogP contribution is 2.35. The van der Waals surface area contributed by atoms with E-state index < -0.39 is 11.4 Å². The van der Waals surface area contributed by atoms with E-state index in [1.807, 2.05) is 58.0 Å². The van der Waals surface area contributed by atoms with Gasteiger partial charge in [0.15, 0.2) is 0 Å². The Morgan fingerprint density at radius 1 is 1.02 bits per heavy atom. The molecule has 1 aromatic heterocycles. The van der Waals surface area contributed by atoms with Crippen LogP contribution in [0.1, 0.15) is 70.0 Å². The van der Waals surface area contributed by atoms with E-state index in [1.165, 1.54) is 5.56 Å². The summed E-state index contributed by atoms with van der Waals surface area (Å²) < 4.78 is 33.3. The normalized spacial score (nSPS) is 13.3. The lowest BCUT2D eigenvalue weighted by atomic mass is 9.98. The minimum Gasteiger partial charge on any atom is -0.598 e. The zero-order valence-electron chi connectivity index (χ0n) is 24.2. The number of para-hydroxylation sites is 1. The smallest absolute Gasteiger partial charge is 0.310 e. The van der Waals surface area contributed by atoms with Crippen LogP contribution in [0.25, 0.3) is 22.1 Å². The van der Waals surface area contributed by atoms with Crippen LogP contribution >= 0.6 is 0 Å². The summed E-state index contributed by atoms with van der Waals surface area (Å²) in [6, 6.07) is 21.9. The molecular weight excluding hydrogens is 522 g/mol. The van der Waals surface area contributed by atoms with Gasteiger partial charge in [0.25, 0.3) is 0 Å². The second kappa shape index (κ2) is 12.9. The molecule has 0 saturated carbocycles. The Balaban J connectivity index is 1.69. The first kappa shape index (κ1) is 29.7. The summed E-state index contributed by atoms with van der Waals surface area (Å²) >= 11 is -1.24. The number of esters is 1. The fourth-order valence-electron chi connectivity index (χ4n) is 4.42. The second-order valence-corrected chi connectivity index (χ2v) is 12.9.